The molecule has 2 rings (SSSR count). The van der Waals surface area contributed by atoms with Gasteiger partial charge in [0.2, 0.25) is 0 Å². The van der Waals surface area contributed by atoms with Crippen molar-refractivity contribution in [3.8, 4) is 5.75 Å². The minimum atomic E-state index is -1.04. The zero-order valence-electron chi connectivity index (χ0n) is 11.4. The monoisotopic (exact) mass is 299 g/mol. The van der Waals surface area contributed by atoms with E-state index in [1.807, 2.05) is 0 Å². The van der Waals surface area contributed by atoms with Crippen LogP contribution in [0.25, 0.3) is 0 Å². The zero-order valence-corrected chi connectivity index (χ0v) is 11.4. The Morgan fingerprint density at radius 1 is 1.38 bits per heavy atom. The molecule has 0 spiro atoms. The molecule has 1 aliphatic rings. The van der Waals surface area contributed by atoms with Crippen molar-refractivity contribution in [2.45, 2.75) is 25.3 Å². The van der Waals surface area contributed by atoms with Gasteiger partial charge in [0, 0.05) is 12.6 Å². The van der Waals surface area contributed by atoms with E-state index in [0.29, 0.717) is 19.4 Å². The van der Waals surface area contributed by atoms with Gasteiger partial charge >= 0.3 is 5.97 Å². The van der Waals surface area contributed by atoms with Crippen LogP contribution < -0.4 is 4.74 Å². The van der Waals surface area contributed by atoms with Crippen LogP contribution in [0.4, 0.5) is 8.78 Å². The zero-order chi connectivity index (χ0) is 15.6. The number of carboxylic acids is 1. The highest BCUT2D eigenvalue weighted by molar-refractivity contribution is 5.97. The third-order valence-corrected chi connectivity index (χ3v) is 3.53. The molecule has 7 heteroatoms. The summed E-state index contributed by atoms with van der Waals surface area (Å²) in [5.74, 6) is -3.96. The SMILES string of the molecule is COc1c(F)ccc(F)c1C(=O)N1CCC[C@H]1CC(=O)O. The number of likely N-dealkylation sites (tertiary alicyclic amines) is 1. The van der Waals surface area contributed by atoms with Crippen molar-refractivity contribution in [1.29, 1.82) is 0 Å². The molecule has 1 heterocycles. The number of halogens is 2. The summed E-state index contributed by atoms with van der Waals surface area (Å²) in [6, 6.07) is 1.22. The lowest BCUT2D eigenvalue weighted by molar-refractivity contribution is -0.137. The lowest BCUT2D eigenvalue weighted by atomic mass is 10.1. The largest absolute Gasteiger partial charge is 0.493 e. The molecule has 1 N–H and O–H groups in total. The number of nitrogens with zero attached hydrogens (tertiary/aromatic N) is 1. The van der Waals surface area contributed by atoms with Gasteiger partial charge in [-0.25, -0.2) is 8.78 Å². The first-order chi connectivity index (χ1) is 9.95. The number of ether oxygens (including phenoxy) is 1. The topological polar surface area (TPSA) is 66.8 Å². The summed E-state index contributed by atoms with van der Waals surface area (Å²) in [6.45, 7) is 0.315. The summed E-state index contributed by atoms with van der Waals surface area (Å²) in [6.07, 6.45) is 0.936. The molecule has 114 valence electrons. The molecule has 0 saturated carbocycles. The highest BCUT2D eigenvalue weighted by atomic mass is 19.1. The van der Waals surface area contributed by atoms with Crippen LogP contribution in [0, 0.1) is 11.6 Å². The van der Waals surface area contributed by atoms with Crippen molar-refractivity contribution in [3.05, 3.63) is 29.3 Å². The Bertz CT molecular complexity index is 576. The molecule has 21 heavy (non-hydrogen) atoms. The number of hydrogen-bond acceptors (Lipinski definition) is 3. The minimum absolute atomic E-state index is 0.217. The molecule has 0 radical (unpaired) electrons. The Hall–Kier alpha value is -2.18. The molecular formula is C14H15F2NO4. The molecule has 1 aromatic rings. The van der Waals surface area contributed by atoms with Gasteiger partial charge in [0.25, 0.3) is 5.91 Å². The van der Waals surface area contributed by atoms with E-state index in [1.165, 1.54) is 4.90 Å². The van der Waals surface area contributed by atoms with E-state index in [-0.39, 0.29) is 6.42 Å². The van der Waals surface area contributed by atoms with E-state index < -0.39 is 40.9 Å². The van der Waals surface area contributed by atoms with Gasteiger partial charge in [-0.15, -0.1) is 0 Å². The fraction of sp³-hybridized carbons (Fsp3) is 0.429. The summed E-state index contributed by atoms with van der Waals surface area (Å²) in [5.41, 5.74) is -0.491. The van der Waals surface area contributed by atoms with Gasteiger partial charge < -0.3 is 14.7 Å². The third-order valence-electron chi connectivity index (χ3n) is 3.53. The van der Waals surface area contributed by atoms with Crippen LogP contribution in [0.5, 0.6) is 5.75 Å². The molecule has 0 aromatic heterocycles. The Morgan fingerprint density at radius 2 is 2.05 bits per heavy atom. The number of carbonyl (C=O) groups excluding carboxylic acids is 1. The second-order valence-corrected chi connectivity index (χ2v) is 4.83. The predicted molar refractivity (Wildman–Crippen MR) is 69.2 cm³/mol. The van der Waals surface area contributed by atoms with Crippen molar-refractivity contribution >= 4 is 11.9 Å². The fourth-order valence-electron chi connectivity index (χ4n) is 2.59. The van der Waals surface area contributed by atoms with E-state index in [1.54, 1.807) is 0 Å². The van der Waals surface area contributed by atoms with Crippen molar-refractivity contribution in [3.63, 3.8) is 0 Å². The average Bonchev–Trinajstić information content (AvgIpc) is 2.87. The van der Waals surface area contributed by atoms with Crippen LogP contribution >= 0.6 is 0 Å². The number of carboxylic acid groups (broad SMARTS) is 1. The number of methoxy groups -OCH3 is 1. The lowest BCUT2D eigenvalue weighted by Gasteiger charge is -2.24. The molecular weight excluding hydrogens is 284 g/mol. The average molecular weight is 299 g/mol. The summed E-state index contributed by atoms with van der Waals surface area (Å²) >= 11 is 0. The van der Waals surface area contributed by atoms with Gasteiger partial charge in [-0.05, 0) is 25.0 Å². The van der Waals surface area contributed by atoms with Gasteiger partial charge in [-0.3, -0.25) is 9.59 Å². The first-order valence-corrected chi connectivity index (χ1v) is 6.50. The van der Waals surface area contributed by atoms with Crippen LogP contribution in [0.3, 0.4) is 0 Å². The van der Waals surface area contributed by atoms with Crippen molar-refractivity contribution in [1.82, 2.24) is 4.90 Å². The number of hydrogen-bond donors (Lipinski definition) is 1. The maximum Gasteiger partial charge on any atom is 0.305 e. The van der Waals surface area contributed by atoms with E-state index in [2.05, 4.69) is 0 Å². The molecule has 1 saturated heterocycles. The molecule has 1 amide bonds. The Labute approximate surface area is 120 Å². The summed E-state index contributed by atoms with van der Waals surface area (Å²) in [4.78, 5) is 24.5. The van der Waals surface area contributed by atoms with Crippen LogP contribution in [0.15, 0.2) is 12.1 Å². The third kappa shape index (κ3) is 2.96. The predicted octanol–water partition coefficient (Wildman–Crippen LogP) is 2.05. The lowest BCUT2D eigenvalue weighted by Crippen LogP contribution is -2.37. The number of benzene rings is 1. The van der Waals surface area contributed by atoms with Gasteiger partial charge in [-0.2, -0.15) is 0 Å². The van der Waals surface area contributed by atoms with Crippen LogP contribution in [0.2, 0.25) is 0 Å². The second-order valence-electron chi connectivity index (χ2n) is 4.83. The fourth-order valence-corrected chi connectivity index (χ4v) is 2.59. The molecule has 1 aliphatic heterocycles. The molecule has 0 aliphatic carbocycles. The smallest absolute Gasteiger partial charge is 0.305 e. The highest BCUT2D eigenvalue weighted by Crippen LogP contribution is 2.30. The normalized spacial score (nSPS) is 17.9. The number of rotatable bonds is 4. The van der Waals surface area contributed by atoms with Gasteiger partial charge in [-0.1, -0.05) is 0 Å². The Morgan fingerprint density at radius 3 is 2.67 bits per heavy atom. The maximum atomic E-state index is 13.9. The molecule has 1 atom stereocenters. The standard InChI is InChI=1S/C14H15F2NO4/c1-21-13-10(16)5-4-9(15)12(13)14(20)17-6-2-3-8(17)7-11(18)19/h4-5,8H,2-3,6-7H2,1H3,(H,18,19)/t8-/m0/s1. The molecule has 1 aromatic carbocycles. The van der Waals surface area contributed by atoms with E-state index in [9.17, 15) is 18.4 Å². The molecule has 0 bridgehead atoms. The van der Waals surface area contributed by atoms with Gasteiger partial charge in [0.15, 0.2) is 11.6 Å². The highest BCUT2D eigenvalue weighted by Gasteiger charge is 2.34. The van der Waals surface area contributed by atoms with Crippen LogP contribution in [0.1, 0.15) is 29.6 Å². The van der Waals surface area contributed by atoms with E-state index in [0.717, 1.165) is 19.2 Å². The maximum absolute atomic E-state index is 13.9. The molecule has 5 nitrogen and oxygen atoms in total. The molecule has 1 fully saturated rings. The molecule has 0 unspecified atom stereocenters. The second kappa shape index (κ2) is 6.07. The van der Waals surface area contributed by atoms with Crippen molar-refractivity contribution < 1.29 is 28.2 Å². The van der Waals surface area contributed by atoms with Crippen LogP contribution in [-0.4, -0.2) is 41.6 Å². The van der Waals surface area contributed by atoms with Gasteiger partial charge in [0.05, 0.1) is 13.5 Å². The Balaban J connectivity index is 2.36. The first-order valence-electron chi connectivity index (χ1n) is 6.50. The summed E-state index contributed by atoms with van der Waals surface area (Å²) in [7, 11) is 1.15. The minimum Gasteiger partial charge on any atom is -0.493 e. The first kappa shape index (κ1) is 15.2. The number of amides is 1. The van der Waals surface area contributed by atoms with E-state index in [4.69, 9.17) is 9.84 Å². The van der Waals surface area contributed by atoms with Crippen molar-refractivity contribution in [2.24, 2.45) is 0 Å². The number of aliphatic carboxylic acids is 1. The number of carbonyl (C=O) groups is 2. The van der Waals surface area contributed by atoms with Crippen LogP contribution in [-0.2, 0) is 4.79 Å². The summed E-state index contributed by atoms with van der Waals surface area (Å²) in [5, 5.41) is 8.85. The van der Waals surface area contributed by atoms with E-state index >= 15 is 0 Å². The Kier molecular flexibility index (Phi) is 4.40. The van der Waals surface area contributed by atoms with Crippen molar-refractivity contribution in [2.75, 3.05) is 13.7 Å². The quantitative estimate of drug-likeness (QED) is 0.924. The summed E-state index contributed by atoms with van der Waals surface area (Å²) < 4.78 is 32.3. The van der Waals surface area contributed by atoms with Gasteiger partial charge in [0.1, 0.15) is 11.4 Å².